The number of rotatable bonds is 9. The topological polar surface area (TPSA) is 80.6 Å². The van der Waals surface area contributed by atoms with Crippen molar-refractivity contribution in [1.82, 2.24) is 5.32 Å². The van der Waals surface area contributed by atoms with Crippen LogP contribution in [-0.2, 0) is 9.53 Å². The summed E-state index contributed by atoms with van der Waals surface area (Å²) in [5.74, 6) is 0.642. The second-order valence-electron chi connectivity index (χ2n) is 4.58. The molecule has 0 aliphatic rings. The van der Waals surface area contributed by atoms with Gasteiger partial charge < -0.3 is 19.5 Å². The minimum absolute atomic E-state index is 0.00867. The second kappa shape index (κ2) is 10.2. The van der Waals surface area contributed by atoms with Gasteiger partial charge in [-0.2, -0.15) is 5.26 Å². The quantitative estimate of drug-likeness (QED) is 0.429. The molecule has 0 fully saturated rings. The number of nitrogens with one attached hydrogen (secondary N) is 1. The number of para-hydroxylation sites is 1. The van der Waals surface area contributed by atoms with Crippen LogP contribution in [0.15, 0.2) is 23.8 Å². The third-order valence-electron chi connectivity index (χ3n) is 2.99. The minimum atomic E-state index is -0.424. The molecule has 1 rings (SSSR count). The van der Waals surface area contributed by atoms with Crippen molar-refractivity contribution in [3.63, 3.8) is 0 Å². The lowest BCUT2D eigenvalue weighted by atomic mass is 10.1. The van der Waals surface area contributed by atoms with Crippen LogP contribution in [0.4, 0.5) is 0 Å². The van der Waals surface area contributed by atoms with Gasteiger partial charge in [0.15, 0.2) is 11.5 Å². The molecule has 1 amide bonds. The molecular weight excluding hydrogens is 296 g/mol. The highest BCUT2D eigenvalue weighted by Gasteiger charge is 2.13. The summed E-state index contributed by atoms with van der Waals surface area (Å²) in [5, 5.41) is 11.9. The predicted molar refractivity (Wildman–Crippen MR) is 87.3 cm³/mol. The number of amides is 1. The van der Waals surface area contributed by atoms with Gasteiger partial charge in [-0.15, -0.1) is 0 Å². The molecule has 0 bridgehead atoms. The number of ether oxygens (including phenoxy) is 3. The number of benzene rings is 1. The van der Waals surface area contributed by atoms with E-state index in [0.717, 1.165) is 0 Å². The Labute approximate surface area is 136 Å². The first kappa shape index (κ1) is 18.5. The molecule has 0 saturated carbocycles. The summed E-state index contributed by atoms with van der Waals surface area (Å²) in [5.41, 5.74) is 0.622. The summed E-state index contributed by atoms with van der Waals surface area (Å²) in [4.78, 5) is 12.0. The van der Waals surface area contributed by atoms with Crippen LogP contribution >= 0.6 is 0 Å². The van der Waals surface area contributed by atoms with Gasteiger partial charge in [0.2, 0.25) is 0 Å². The molecule has 0 saturated heterocycles. The van der Waals surface area contributed by atoms with E-state index in [4.69, 9.17) is 14.2 Å². The zero-order chi connectivity index (χ0) is 17.1. The zero-order valence-corrected chi connectivity index (χ0v) is 13.7. The Hall–Kier alpha value is -2.52. The maximum Gasteiger partial charge on any atom is 0.261 e. The molecule has 0 aromatic heterocycles. The molecule has 124 valence electrons. The number of carbonyl (C=O) groups is 1. The Morgan fingerprint density at radius 1 is 1.39 bits per heavy atom. The van der Waals surface area contributed by atoms with Crippen molar-refractivity contribution in [1.29, 1.82) is 5.26 Å². The number of nitrogens with zero attached hydrogens (tertiary/aromatic N) is 1. The number of hydrogen-bond acceptors (Lipinski definition) is 5. The predicted octanol–water partition coefficient (Wildman–Crippen LogP) is 2.15. The van der Waals surface area contributed by atoms with Crippen molar-refractivity contribution in [3.05, 3.63) is 29.3 Å². The summed E-state index contributed by atoms with van der Waals surface area (Å²) in [7, 11) is 3.12. The lowest BCUT2D eigenvalue weighted by Gasteiger charge is -2.12. The van der Waals surface area contributed by atoms with Gasteiger partial charge in [-0.25, -0.2) is 0 Å². The molecular formula is C17H22N2O4. The average Bonchev–Trinajstić information content (AvgIpc) is 2.56. The Morgan fingerprint density at radius 2 is 2.17 bits per heavy atom. The molecule has 1 aromatic rings. The summed E-state index contributed by atoms with van der Waals surface area (Å²) < 4.78 is 15.7. The largest absolute Gasteiger partial charge is 0.492 e. The fraction of sp³-hybridized carbons (Fsp3) is 0.412. The maximum absolute atomic E-state index is 12.0. The van der Waals surface area contributed by atoms with E-state index >= 15 is 0 Å². The highest BCUT2D eigenvalue weighted by molar-refractivity contribution is 6.02. The highest BCUT2D eigenvalue weighted by Crippen LogP contribution is 2.32. The molecule has 0 aliphatic carbocycles. The van der Waals surface area contributed by atoms with Crippen molar-refractivity contribution in [2.75, 3.05) is 34.0 Å². The van der Waals surface area contributed by atoms with Crippen molar-refractivity contribution in [2.24, 2.45) is 0 Å². The number of methoxy groups -OCH3 is 2. The number of nitriles is 1. The first-order chi connectivity index (χ1) is 11.2. The Balaban J connectivity index is 2.95. The molecule has 0 unspecified atom stereocenters. The summed E-state index contributed by atoms with van der Waals surface area (Å²) in [6.07, 6.45) is 2.18. The number of carbonyl (C=O) groups excluding carboxylic acids is 1. The van der Waals surface area contributed by atoms with E-state index in [9.17, 15) is 10.1 Å². The van der Waals surface area contributed by atoms with E-state index in [-0.39, 0.29) is 5.57 Å². The number of hydrogen-bond donors (Lipinski definition) is 1. The molecule has 1 aromatic carbocycles. The molecule has 0 heterocycles. The van der Waals surface area contributed by atoms with Crippen LogP contribution in [0.3, 0.4) is 0 Å². The van der Waals surface area contributed by atoms with Gasteiger partial charge in [0.25, 0.3) is 5.91 Å². The lowest BCUT2D eigenvalue weighted by Crippen LogP contribution is -2.26. The van der Waals surface area contributed by atoms with E-state index in [1.165, 1.54) is 13.2 Å². The van der Waals surface area contributed by atoms with Crippen LogP contribution < -0.4 is 14.8 Å². The summed E-state index contributed by atoms with van der Waals surface area (Å²) in [6.45, 7) is 3.36. The van der Waals surface area contributed by atoms with Crippen LogP contribution in [0.1, 0.15) is 18.9 Å². The Morgan fingerprint density at radius 3 is 2.78 bits per heavy atom. The van der Waals surface area contributed by atoms with Crippen molar-refractivity contribution in [3.8, 4) is 17.6 Å². The van der Waals surface area contributed by atoms with Gasteiger partial charge in [-0.1, -0.05) is 12.1 Å². The van der Waals surface area contributed by atoms with Crippen molar-refractivity contribution >= 4 is 12.0 Å². The first-order valence-electron chi connectivity index (χ1n) is 7.36. The van der Waals surface area contributed by atoms with E-state index in [2.05, 4.69) is 5.32 Å². The van der Waals surface area contributed by atoms with Crippen LogP contribution in [0.5, 0.6) is 11.5 Å². The van der Waals surface area contributed by atoms with Crippen LogP contribution in [0, 0.1) is 11.3 Å². The van der Waals surface area contributed by atoms with Gasteiger partial charge in [-0.3, -0.25) is 4.79 Å². The van der Waals surface area contributed by atoms with E-state index in [1.807, 2.05) is 13.0 Å². The molecule has 1 N–H and O–H groups in total. The Bertz CT molecular complexity index is 591. The molecule has 0 spiro atoms. The smallest absolute Gasteiger partial charge is 0.261 e. The average molecular weight is 318 g/mol. The van der Waals surface area contributed by atoms with Crippen molar-refractivity contribution < 1.29 is 19.0 Å². The van der Waals surface area contributed by atoms with Gasteiger partial charge in [0.05, 0.1) is 13.7 Å². The molecule has 0 aliphatic heterocycles. The molecule has 0 radical (unpaired) electrons. The lowest BCUT2D eigenvalue weighted by molar-refractivity contribution is -0.117. The van der Waals surface area contributed by atoms with Gasteiger partial charge >= 0.3 is 0 Å². The van der Waals surface area contributed by atoms with Gasteiger partial charge in [0, 0.05) is 25.8 Å². The summed E-state index contributed by atoms with van der Waals surface area (Å²) >= 11 is 0. The fourth-order valence-corrected chi connectivity index (χ4v) is 1.95. The zero-order valence-electron chi connectivity index (χ0n) is 13.7. The molecule has 6 heteroatoms. The van der Waals surface area contributed by atoms with E-state index in [1.54, 1.807) is 25.3 Å². The standard InChI is InChI=1S/C17H22N2O4/c1-4-23-15-8-5-7-13(16(15)22-3)11-14(12-18)17(20)19-9-6-10-21-2/h5,7-8,11H,4,6,9-10H2,1-3H3,(H,19,20)/b14-11+. The van der Waals surface area contributed by atoms with Gasteiger partial charge in [0.1, 0.15) is 11.6 Å². The van der Waals surface area contributed by atoms with Crippen LogP contribution in [0.25, 0.3) is 6.08 Å². The first-order valence-corrected chi connectivity index (χ1v) is 7.36. The van der Waals surface area contributed by atoms with Crippen molar-refractivity contribution in [2.45, 2.75) is 13.3 Å². The maximum atomic E-state index is 12.0. The fourth-order valence-electron chi connectivity index (χ4n) is 1.95. The van der Waals surface area contributed by atoms with Gasteiger partial charge in [-0.05, 0) is 25.5 Å². The highest BCUT2D eigenvalue weighted by atomic mass is 16.5. The third-order valence-corrected chi connectivity index (χ3v) is 2.99. The molecule has 0 atom stereocenters. The minimum Gasteiger partial charge on any atom is -0.492 e. The third kappa shape index (κ3) is 5.64. The van der Waals surface area contributed by atoms with Crippen LogP contribution in [-0.4, -0.2) is 39.9 Å². The van der Waals surface area contributed by atoms with Crippen LogP contribution in [0.2, 0.25) is 0 Å². The van der Waals surface area contributed by atoms with E-state index < -0.39 is 5.91 Å². The van der Waals surface area contributed by atoms with E-state index in [0.29, 0.717) is 43.2 Å². The summed E-state index contributed by atoms with van der Waals surface area (Å²) in [6, 6.07) is 7.23. The Kier molecular flexibility index (Phi) is 8.25. The SMILES string of the molecule is CCOc1cccc(/C=C(\C#N)C(=O)NCCCOC)c1OC. The molecule has 23 heavy (non-hydrogen) atoms. The normalized spacial score (nSPS) is 10.8. The molecule has 6 nitrogen and oxygen atoms in total. The monoisotopic (exact) mass is 318 g/mol. The second-order valence-corrected chi connectivity index (χ2v) is 4.58.